The Morgan fingerprint density at radius 3 is 2.83 bits per heavy atom. The van der Waals surface area contributed by atoms with E-state index < -0.39 is 0 Å². The Morgan fingerprint density at radius 2 is 2.67 bits per heavy atom. The fraction of sp³-hybridized carbons (Fsp3) is 1.00. The van der Waals surface area contributed by atoms with Gasteiger partial charge in [0, 0.05) is 0 Å². The molecule has 36 valence electrons. The lowest BCUT2D eigenvalue weighted by Crippen LogP contribution is -2.11. The molecule has 1 N–H and O–H groups in total. The Labute approximate surface area is 39.1 Å². The third-order valence-corrected chi connectivity index (χ3v) is 1.58. The van der Waals surface area contributed by atoms with Crippen LogP contribution in [0.4, 0.5) is 0 Å². The summed E-state index contributed by atoms with van der Waals surface area (Å²) in [5.41, 5.74) is 0. The first-order valence-corrected chi connectivity index (χ1v) is 3.30. The third kappa shape index (κ3) is 1.21. The van der Waals surface area contributed by atoms with E-state index in [1.54, 1.807) is 0 Å². The smallest absolute Gasteiger partial charge is 0.0689 e. The van der Waals surface area contributed by atoms with Gasteiger partial charge >= 0.3 is 0 Å². The highest BCUT2D eigenvalue weighted by molar-refractivity contribution is 7.35. The molecule has 0 aromatic carbocycles. The van der Waals surface area contributed by atoms with Gasteiger partial charge in [-0.2, -0.15) is 5.25 Å². The molecule has 1 fully saturated rings. The molecule has 6 heavy (non-hydrogen) atoms. The molecule has 0 radical (unpaired) electrons. The number of nitrogens with one attached hydrogen (secondary N) is 1. The number of hydrogen-bond acceptors (Lipinski definition) is 2. The van der Waals surface area contributed by atoms with Crippen LogP contribution in [0.2, 0.25) is 0 Å². The molecule has 3 heteroatoms. The second-order valence-electron chi connectivity index (χ2n) is 1.23. The van der Waals surface area contributed by atoms with Crippen molar-refractivity contribution < 1.29 is 4.84 Å². The van der Waals surface area contributed by atoms with Gasteiger partial charge in [0.25, 0.3) is 0 Å². The molecule has 1 aliphatic rings. The maximum atomic E-state index is 4.83. The molecule has 0 spiro atoms. The number of hydrogen-bond donors (Lipinski definition) is 1. The van der Waals surface area contributed by atoms with Crippen LogP contribution in [0.15, 0.2) is 0 Å². The summed E-state index contributed by atoms with van der Waals surface area (Å²) in [4.78, 5) is 4.83. The Hall–Kier alpha value is 0.350. The van der Waals surface area contributed by atoms with Gasteiger partial charge in [-0.05, 0) is 21.3 Å². The van der Waals surface area contributed by atoms with Crippen molar-refractivity contribution in [3.63, 3.8) is 0 Å². The molecule has 0 aromatic rings. The Morgan fingerprint density at radius 1 is 1.67 bits per heavy atom. The summed E-state index contributed by atoms with van der Waals surface area (Å²) in [6.07, 6.45) is 2.52. The predicted octanol–water partition coefficient (Wildman–Crippen LogP) is 0.505. The van der Waals surface area contributed by atoms with E-state index in [1.165, 1.54) is 12.6 Å². The van der Waals surface area contributed by atoms with Gasteiger partial charge in [0.2, 0.25) is 0 Å². The van der Waals surface area contributed by atoms with Gasteiger partial charge in [-0.3, -0.25) is 4.84 Å². The van der Waals surface area contributed by atoms with E-state index in [4.69, 9.17) is 4.84 Å². The van der Waals surface area contributed by atoms with E-state index in [-0.39, 0.29) is 0 Å². The van der Waals surface area contributed by atoms with Crippen LogP contribution in [0.1, 0.15) is 6.42 Å². The van der Waals surface area contributed by atoms with Crippen LogP contribution >= 0.6 is 8.73 Å². The van der Waals surface area contributed by atoms with Crippen molar-refractivity contribution in [2.75, 3.05) is 12.8 Å². The van der Waals surface area contributed by atoms with Crippen LogP contribution in [0.25, 0.3) is 0 Å². The zero-order valence-electron chi connectivity index (χ0n) is 3.53. The summed E-state index contributed by atoms with van der Waals surface area (Å²) in [7, 11) is 0.829. The van der Waals surface area contributed by atoms with Gasteiger partial charge < -0.3 is 0 Å². The molecule has 0 bridgehead atoms. The lowest BCUT2D eigenvalue weighted by atomic mass is 10.5. The summed E-state index contributed by atoms with van der Waals surface area (Å²) < 4.78 is 0. The van der Waals surface area contributed by atoms with Crippen molar-refractivity contribution in [1.29, 1.82) is 0 Å². The normalized spacial score (nSPS) is 28.0. The molecular formula is C3H8NOP. The minimum atomic E-state index is 0.829. The minimum Gasteiger partial charge on any atom is -0.298 e. The molecule has 1 heterocycles. The second kappa shape index (κ2) is 2.51. The summed E-state index contributed by atoms with van der Waals surface area (Å²) in [6.45, 7) is 0.896. The van der Waals surface area contributed by atoms with Gasteiger partial charge in [0.15, 0.2) is 0 Å². The summed E-state index contributed by atoms with van der Waals surface area (Å²) in [6, 6.07) is 0. The van der Waals surface area contributed by atoms with Crippen molar-refractivity contribution >= 4 is 8.73 Å². The van der Waals surface area contributed by atoms with E-state index >= 15 is 0 Å². The van der Waals surface area contributed by atoms with E-state index in [1.807, 2.05) is 0 Å². The largest absolute Gasteiger partial charge is 0.298 e. The minimum absolute atomic E-state index is 0.829. The van der Waals surface area contributed by atoms with Crippen LogP contribution in [-0.2, 0) is 4.84 Å². The average molecular weight is 105 g/mol. The first-order valence-electron chi connectivity index (χ1n) is 2.10. The summed E-state index contributed by atoms with van der Waals surface area (Å²) in [5, 5.41) is 2.81. The highest BCUT2D eigenvalue weighted by Gasteiger charge is 1.93. The first kappa shape index (κ1) is 4.51. The number of rotatable bonds is 0. The van der Waals surface area contributed by atoms with Gasteiger partial charge in [0.1, 0.15) is 0 Å². The fourth-order valence-electron chi connectivity index (χ4n) is 0.386. The molecule has 1 unspecified atom stereocenters. The lowest BCUT2D eigenvalue weighted by molar-refractivity contribution is 0.0908. The highest BCUT2D eigenvalue weighted by Crippen LogP contribution is 2.09. The van der Waals surface area contributed by atoms with E-state index in [0.29, 0.717) is 0 Å². The maximum absolute atomic E-state index is 4.83. The molecule has 1 rings (SSSR count). The zero-order valence-corrected chi connectivity index (χ0v) is 4.53. The highest BCUT2D eigenvalue weighted by atomic mass is 31.1. The lowest BCUT2D eigenvalue weighted by Gasteiger charge is -2.09. The summed E-state index contributed by atoms with van der Waals surface area (Å²) >= 11 is 0. The Bertz CT molecular complexity index is 26.3. The van der Waals surface area contributed by atoms with Crippen molar-refractivity contribution in [3.8, 4) is 0 Å². The SMILES string of the molecule is C1CONPC1. The molecule has 1 atom stereocenters. The fourth-order valence-corrected chi connectivity index (χ4v) is 1.01. The third-order valence-electron chi connectivity index (χ3n) is 0.693. The Balaban J connectivity index is 2.00. The molecule has 0 amide bonds. The molecule has 0 aliphatic carbocycles. The van der Waals surface area contributed by atoms with Crippen LogP contribution in [0.5, 0.6) is 0 Å². The van der Waals surface area contributed by atoms with Crippen molar-refractivity contribution in [2.24, 2.45) is 0 Å². The quantitative estimate of drug-likeness (QED) is 0.453. The first-order chi connectivity index (χ1) is 3.00. The van der Waals surface area contributed by atoms with Crippen LogP contribution in [0.3, 0.4) is 0 Å². The second-order valence-corrected chi connectivity index (χ2v) is 2.29. The zero-order chi connectivity index (χ0) is 4.24. The topological polar surface area (TPSA) is 21.3 Å². The molecule has 0 aromatic heterocycles. The summed E-state index contributed by atoms with van der Waals surface area (Å²) in [5.74, 6) is 0. The van der Waals surface area contributed by atoms with Crippen LogP contribution < -0.4 is 5.25 Å². The van der Waals surface area contributed by atoms with E-state index in [9.17, 15) is 0 Å². The molecule has 1 saturated heterocycles. The monoisotopic (exact) mass is 105 g/mol. The van der Waals surface area contributed by atoms with Crippen LogP contribution in [-0.4, -0.2) is 12.8 Å². The van der Waals surface area contributed by atoms with Gasteiger partial charge in [-0.15, -0.1) is 0 Å². The van der Waals surface area contributed by atoms with Crippen molar-refractivity contribution in [1.82, 2.24) is 5.25 Å². The standard InChI is InChI=1S/C3H8NOP/c1-2-5-4-6-3-1/h4,6H,1-3H2. The van der Waals surface area contributed by atoms with E-state index in [0.717, 1.165) is 15.3 Å². The van der Waals surface area contributed by atoms with Gasteiger partial charge in [-0.25, -0.2) is 0 Å². The maximum Gasteiger partial charge on any atom is 0.0689 e. The van der Waals surface area contributed by atoms with Crippen LogP contribution in [0, 0.1) is 0 Å². The van der Waals surface area contributed by atoms with Crippen molar-refractivity contribution in [3.05, 3.63) is 0 Å². The molecule has 2 nitrogen and oxygen atoms in total. The van der Waals surface area contributed by atoms with Gasteiger partial charge in [0.05, 0.1) is 6.61 Å². The molecule has 0 saturated carbocycles. The van der Waals surface area contributed by atoms with E-state index in [2.05, 4.69) is 5.25 Å². The molecular weight excluding hydrogens is 97.0 g/mol. The molecule has 1 aliphatic heterocycles. The van der Waals surface area contributed by atoms with Crippen molar-refractivity contribution in [2.45, 2.75) is 6.42 Å². The Kier molecular flexibility index (Phi) is 1.89. The predicted molar refractivity (Wildman–Crippen MR) is 26.9 cm³/mol. The van der Waals surface area contributed by atoms with Gasteiger partial charge in [-0.1, -0.05) is 0 Å². The average Bonchev–Trinajstić information content (AvgIpc) is 1.72.